The number of nitrogens with zero attached hydrogens (tertiary/aromatic N) is 1. The van der Waals surface area contributed by atoms with Gasteiger partial charge in [-0.3, -0.25) is 4.90 Å². The highest BCUT2D eigenvalue weighted by Gasteiger charge is 2.30. The van der Waals surface area contributed by atoms with E-state index in [1.165, 1.54) is 13.0 Å². The Hall–Kier alpha value is 0.270. The minimum atomic E-state index is 0.343. The smallest absolute Gasteiger partial charge is 0.121 e. The van der Waals surface area contributed by atoms with Crippen molar-refractivity contribution in [2.24, 2.45) is 0 Å². The quantitative estimate of drug-likeness (QED) is 0.600. The van der Waals surface area contributed by atoms with Gasteiger partial charge in [-0.05, 0) is 19.7 Å². The summed E-state index contributed by atoms with van der Waals surface area (Å²) in [5.41, 5.74) is 0. The second-order valence-electron chi connectivity index (χ2n) is 2.67. The number of rotatable bonds is 2. The standard InChI is InChI=1S/C7H15NOS/c1-8-5-4-6(10-3)7(8)9-2/h6-7H,4-5H2,1-3H3. The van der Waals surface area contributed by atoms with Crippen molar-refractivity contribution >= 4 is 11.8 Å². The van der Waals surface area contributed by atoms with Crippen molar-refractivity contribution in [2.75, 3.05) is 27.0 Å². The first-order valence-electron chi connectivity index (χ1n) is 3.55. The fourth-order valence-corrected chi connectivity index (χ4v) is 2.34. The molecular weight excluding hydrogens is 146 g/mol. The summed E-state index contributed by atoms with van der Waals surface area (Å²) in [6.45, 7) is 1.17. The SMILES string of the molecule is COC1C(SC)CCN1C. The van der Waals surface area contributed by atoms with Gasteiger partial charge in [-0.1, -0.05) is 0 Å². The van der Waals surface area contributed by atoms with Crippen molar-refractivity contribution in [3.05, 3.63) is 0 Å². The number of hydrogen-bond donors (Lipinski definition) is 0. The minimum absolute atomic E-state index is 0.343. The van der Waals surface area contributed by atoms with E-state index in [2.05, 4.69) is 18.2 Å². The molecule has 0 amide bonds. The lowest BCUT2D eigenvalue weighted by Crippen LogP contribution is -2.32. The summed E-state index contributed by atoms with van der Waals surface area (Å²) in [7, 11) is 3.90. The normalized spacial score (nSPS) is 35.1. The maximum atomic E-state index is 5.33. The van der Waals surface area contributed by atoms with E-state index in [1.807, 2.05) is 11.8 Å². The van der Waals surface area contributed by atoms with Crippen LogP contribution in [-0.4, -0.2) is 43.3 Å². The first-order chi connectivity index (χ1) is 4.79. The van der Waals surface area contributed by atoms with Crippen LogP contribution >= 0.6 is 11.8 Å². The maximum absolute atomic E-state index is 5.33. The van der Waals surface area contributed by atoms with E-state index in [4.69, 9.17) is 4.74 Å². The van der Waals surface area contributed by atoms with E-state index in [9.17, 15) is 0 Å². The van der Waals surface area contributed by atoms with Gasteiger partial charge in [0.2, 0.25) is 0 Å². The molecule has 1 heterocycles. The van der Waals surface area contributed by atoms with Gasteiger partial charge in [0, 0.05) is 18.9 Å². The fraction of sp³-hybridized carbons (Fsp3) is 1.00. The van der Waals surface area contributed by atoms with E-state index in [-0.39, 0.29) is 0 Å². The molecule has 0 saturated carbocycles. The van der Waals surface area contributed by atoms with E-state index >= 15 is 0 Å². The molecule has 0 aromatic heterocycles. The predicted octanol–water partition coefficient (Wildman–Crippen LogP) is 1.03. The summed E-state index contributed by atoms with van der Waals surface area (Å²) in [6, 6.07) is 0. The molecule has 0 N–H and O–H groups in total. The van der Waals surface area contributed by atoms with Crippen LogP contribution in [0.1, 0.15) is 6.42 Å². The van der Waals surface area contributed by atoms with Crippen molar-refractivity contribution < 1.29 is 4.74 Å². The molecule has 10 heavy (non-hydrogen) atoms. The van der Waals surface area contributed by atoms with Gasteiger partial charge in [-0.2, -0.15) is 11.8 Å². The molecule has 1 saturated heterocycles. The monoisotopic (exact) mass is 161 g/mol. The van der Waals surface area contributed by atoms with Crippen molar-refractivity contribution in [2.45, 2.75) is 17.9 Å². The van der Waals surface area contributed by atoms with Crippen LogP contribution in [0.3, 0.4) is 0 Å². The highest BCUT2D eigenvalue weighted by molar-refractivity contribution is 7.99. The molecule has 0 spiro atoms. The van der Waals surface area contributed by atoms with E-state index in [0.717, 1.165) is 0 Å². The second-order valence-corrected chi connectivity index (χ2v) is 3.75. The van der Waals surface area contributed by atoms with Crippen LogP contribution in [0, 0.1) is 0 Å². The molecule has 0 aliphatic carbocycles. The van der Waals surface area contributed by atoms with Crippen molar-refractivity contribution in [1.82, 2.24) is 4.90 Å². The molecule has 0 aromatic rings. The molecule has 2 unspecified atom stereocenters. The first kappa shape index (κ1) is 8.37. The summed E-state index contributed by atoms with van der Waals surface area (Å²) < 4.78 is 5.33. The summed E-state index contributed by atoms with van der Waals surface area (Å²) in [4.78, 5) is 2.27. The van der Waals surface area contributed by atoms with Crippen molar-refractivity contribution in [1.29, 1.82) is 0 Å². The lowest BCUT2D eigenvalue weighted by Gasteiger charge is -2.21. The van der Waals surface area contributed by atoms with Crippen LogP contribution in [0.5, 0.6) is 0 Å². The zero-order valence-corrected chi connectivity index (χ0v) is 7.65. The average Bonchev–Trinajstić information content (AvgIpc) is 2.30. The van der Waals surface area contributed by atoms with Crippen LogP contribution in [0.15, 0.2) is 0 Å². The molecule has 0 aromatic carbocycles. The van der Waals surface area contributed by atoms with Gasteiger partial charge < -0.3 is 4.74 Å². The van der Waals surface area contributed by atoms with Gasteiger partial charge in [0.15, 0.2) is 0 Å². The third kappa shape index (κ3) is 1.47. The Morgan fingerprint density at radius 1 is 1.60 bits per heavy atom. The first-order valence-corrected chi connectivity index (χ1v) is 4.84. The number of hydrogen-bond acceptors (Lipinski definition) is 3. The van der Waals surface area contributed by atoms with Crippen molar-refractivity contribution in [3.63, 3.8) is 0 Å². The molecule has 0 radical (unpaired) electrons. The predicted molar refractivity (Wildman–Crippen MR) is 45.3 cm³/mol. The second kappa shape index (κ2) is 3.60. The zero-order valence-electron chi connectivity index (χ0n) is 6.83. The Morgan fingerprint density at radius 2 is 2.30 bits per heavy atom. The molecule has 2 atom stereocenters. The average molecular weight is 161 g/mol. The summed E-state index contributed by atoms with van der Waals surface area (Å²) >= 11 is 1.90. The molecule has 0 bridgehead atoms. The van der Waals surface area contributed by atoms with E-state index in [1.54, 1.807) is 7.11 Å². The minimum Gasteiger partial charge on any atom is -0.365 e. The van der Waals surface area contributed by atoms with Gasteiger partial charge in [0.25, 0.3) is 0 Å². The third-order valence-electron chi connectivity index (χ3n) is 2.06. The van der Waals surface area contributed by atoms with E-state index in [0.29, 0.717) is 11.5 Å². The van der Waals surface area contributed by atoms with Gasteiger partial charge >= 0.3 is 0 Å². The number of likely N-dealkylation sites (tertiary alicyclic amines) is 1. The molecule has 1 fully saturated rings. The van der Waals surface area contributed by atoms with Gasteiger partial charge in [-0.25, -0.2) is 0 Å². The Morgan fingerprint density at radius 3 is 2.70 bits per heavy atom. The molecule has 1 aliphatic heterocycles. The number of thioether (sulfide) groups is 1. The van der Waals surface area contributed by atoms with Crippen LogP contribution in [0.2, 0.25) is 0 Å². The van der Waals surface area contributed by atoms with Gasteiger partial charge in [0.1, 0.15) is 6.23 Å². The number of methoxy groups -OCH3 is 1. The highest BCUT2D eigenvalue weighted by atomic mass is 32.2. The molecule has 1 aliphatic rings. The third-order valence-corrected chi connectivity index (χ3v) is 3.14. The van der Waals surface area contributed by atoms with Gasteiger partial charge in [0.05, 0.1) is 0 Å². The van der Waals surface area contributed by atoms with Crippen LogP contribution in [0.25, 0.3) is 0 Å². The summed E-state index contributed by atoms with van der Waals surface area (Å²) in [6.07, 6.45) is 3.75. The summed E-state index contributed by atoms with van der Waals surface area (Å²) in [5.74, 6) is 0. The van der Waals surface area contributed by atoms with Gasteiger partial charge in [-0.15, -0.1) is 0 Å². The Balaban J connectivity index is 2.45. The largest absolute Gasteiger partial charge is 0.365 e. The molecule has 60 valence electrons. The Kier molecular flexibility index (Phi) is 3.01. The molecule has 1 rings (SSSR count). The van der Waals surface area contributed by atoms with Crippen LogP contribution in [0.4, 0.5) is 0 Å². The van der Waals surface area contributed by atoms with E-state index < -0.39 is 0 Å². The Bertz CT molecular complexity index is 110. The molecular formula is C7H15NOS. The lowest BCUT2D eigenvalue weighted by molar-refractivity contribution is 0.0143. The lowest BCUT2D eigenvalue weighted by atomic mass is 10.3. The highest BCUT2D eigenvalue weighted by Crippen LogP contribution is 2.25. The summed E-state index contributed by atoms with van der Waals surface area (Å²) in [5, 5.41) is 0.676. The molecule has 3 heteroatoms. The molecule has 2 nitrogen and oxygen atoms in total. The maximum Gasteiger partial charge on any atom is 0.121 e. The van der Waals surface area contributed by atoms with Crippen LogP contribution in [-0.2, 0) is 4.74 Å². The fourth-order valence-electron chi connectivity index (χ4n) is 1.45. The Labute approximate surface area is 66.9 Å². The number of ether oxygens (including phenoxy) is 1. The topological polar surface area (TPSA) is 12.5 Å². The van der Waals surface area contributed by atoms with Crippen molar-refractivity contribution in [3.8, 4) is 0 Å². The van der Waals surface area contributed by atoms with Crippen LogP contribution < -0.4 is 0 Å². The zero-order chi connectivity index (χ0) is 7.56.